The molecule has 0 spiro atoms. The summed E-state index contributed by atoms with van der Waals surface area (Å²) in [7, 11) is 3.14. The van der Waals surface area contributed by atoms with Crippen LogP contribution in [-0.2, 0) is 4.74 Å². The molecule has 4 nitrogen and oxygen atoms in total. The molecule has 0 aromatic heterocycles. The van der Waals surface area contributed by atoms with Gasteiger partial charge >= 0.3 is 0 Å². The average Bonchev–Trinajstić information content (AvgIpc) is 2.37. The monoisotopic (exact) mass is 379 g/mol. The molecule has 0 saturated heterocycles. The van der Waals surface area contributed by atoms with Crippen LogP contribution in [0.5, 0.6) is 5.75 Å². The van der Waals surface area contributed by atoms with Gasteiger partial charge in [-0.3, -0.25) is 4.79 Å². The lowest BCUT2D eigenvalue weighted by Gasteiger charge is -2.16. The van der Waals surface area contributed by atoms with Crippen LogP contribution < -0.4 is 10.1 Å². The zero-order chi connectivity index (χ0) is 13.5. The van der Waals surface area contributed by atoms with Gasteiger partial charge in [-0.25, -0.2) is 0 Å². The quantitative estimate of drug-likeness (QED) is 0.771. The highest BCUT2D eigenvalue weighted by atomic mass is 79.9. The van der Waals surface area contributed by atoms with E-state index < -0.39 is 0 Å². The van der Waals surface area contributed by atoms with E-state index in [9.17, 15) is 4.79 Å². The molecule has 0 fully saturated rings. The van der Waals surface area contributed by atoms with Crippen LogP contribution in [0.3, 0.4) is 0 Å². The van der Waals surface area contributed by atoms with E-state index in [-0.39, 0.29) is 11.9 Å². The first-order valence-corrected chi connectivity index (χ1v) is 7.23. The molecular weight excluding hydrogens is 366 g/mol. The molecule has 0 aliphatic carbocycles. The number of ether oxygens (including phenoxy) is 2. The summed E-state index contributed by atoms with van der Waals surface area (Å²) in [5.41, 5.74) is 0.503. The maximum absolute atomic E-state index is 12.1. The first-order valence-electron chi connectivity index (χ1n) is 5.31. The van der Waals surface area contributed by atoms with Gasteiger partial charge in [0, 0.05) is 16.9 Å². The van der Waals surface area contributed by atoms with E-state index in [2.05, 4.69) is 37.2 Å². The molecule has 1 rings (SSSR count). The Balaban J connectivity index is 2.83. The summed E-state index contributed by atoms with van der Waals surface area (Å²) in [5, 5.41) is 3.50. The molecule has 6 heteroatoms. The van der Waals surface area contributed by atoms with Gasteiger partial charge in [0.2, 0.25) is 0 Å². The molecule has 1 amide bonds. The zero-order valence-corrected chi connectivity index (χ0v) is 13.4. The van der Waals surface area contributed by atoms with Crippen LogP contribution in [0.25, 0.3) is 0 Å². The molecule has 0 aliphatic heterocycles. The molecule has 0 bridgehead atoms. The van der Waals surface area contributed by atoms with Gasteiger partial charge < -0.3 is 14.8 Å². The second kappa shape index (κ2) is 7.76. The molecule has 1 aromatic carbocycles. The van der Waals surface area contributed by atoms with Crippen molar-refractivity contribution in [1.29, 1.82) is 0 Å². The van der Waals surface area contributed by atoms with Crippen LogP contribution >= 0.6 is 31.9 Å². The summed E-state index contributed by atoms with van der Waals surface area (Å²) < 4.78 is 11.1. The van der Waals surface area contributed by atoms with Gasteiger partial charge in [0.15, 0.2) is 0 Å². The Hall–Kier alpha value is -0.590. The number of hydrogen-bond acceptors (Lipinski definition) is 3. The summed E-state index contributed by atoms with van der Waals surface area (Å²) in [5.74, 6) is 0.355. The van der Waals surface area contributed by atoms with Crippen molar-refractivity contribution in [2.45, 2.75) is 6.04 Å². The SMILES string of the molecule is COCC(CBr)NC(=O)c1ccc(Br)cc1OC. The van der Waals surface area contributed by atoms with E-state index in [1.54, 1.807) is 25.3 Å². The highest BCUT2D eigenvalue weighted by Gasteiger charge is 2.16. The minimum Gasteiger partial charge on any atom is -0.496 e. The van der Waals surface area contributed by atoms with E-state index in [0.717, 1.165) is 4.47 Å². The van der Waals surface area contributed by atoms with Crippen molar-refractivity contribution in [2.24, 2.45) is 0 Å². The summed E-state index contributed by atoms with van der Waals surface area (Å²) in [4.78, 5) is 12.1. The number of carbonyl (C=O) groups is 1. The van der Waals surface area contributed by atoms with Crippen molar-refractivity contribution in [3.05, 3.63) is 28.2 Å². The number of methoxy groups -OCH3 is 2. The normalized spacial score (nSPS) is 12.0. The summed E-state index contributed by atoms with van der Waals surface area (Å²) in [6.07, 6.45) is 0. The van der Waals surface area contributed by atoms with Gasteiger partial charge in [0.1, 0.15) is 5.75 Å². The first kappa shape index (κ1) is 15.5. The number of alkyl halides is 1. The van der Waals surface area contributed by atoms with Gasteiger partial charge in [-0.05, 0) is 18.2 Å². The Kier molecular flexibility index (Phi) is 6.67. The Bertz CT molecular complexity index is 412. The smallest absolute Gasteiger partial charge is 0.255 e. The van der Waals surface area contributed by atoms with Crippen molar-refractivity contribution in [2.75, 3.05) is 26.2 Å². The largest absolute Gasteiger partial charge is 0.496 e. The maximum Gasteiger partial charge on any atom is 0.255 e. The fourth-order valence-corrected chi connectivity index (χ4v) is 2.13. The number of amides is 1. The summed E-state index contributed by atoms with van der Waals surface area (Å²) in [6.45, 7) is 0.454. The number of halogens is 2. The highest BCUT2D eigenvalue weighted by Crippen LogP contribution is 2.23. The molecule has 18 heavy (non-hydrogen) atoms. The Morgan fingerprint density at radius 3 is 2.72 bits per heavy atom. The molecule has 1 unspecified atom stereocenters. The van der Waals surface area contributed by atoms with Crippen LogP contribution in [0.2, 0.25) is 0 Å². The van der Waals surface area contributed by atoms with Gasteiger partial charge in [-0.2, -0.15) is 0 Å². The fourth-order valence-electron chi connectivity index (χ4n) is 1.44. The van der Waals surface area contributed by atoms with Gasteiger partial charge in [0.25, 0.3) is 5.91 Å². The van der Waals surface area contributed by atoms with Crippen LogP contribution in [0, 0.1) is 0 Å². The number of rotatable bonds is 6. The Morgan fingerprint density at radius 1 is 1.44 bits per heavy atom. The van der Waals surface area contributed by atoms with Gasteiger partial charge in [-0.1, -0.05) is 31.9 Å². The number of hydrogen-bond donors (Lipinski definition) is 1. The van der Waals surface area contributed by atoms with Crippen molar-refractivity contribution < 1.29 is 14.3 Å². The second-order valence-electron chi connectivity index (χ2n) is 3.62. The number of benzene rings is 1. The van der Waals surface area contributed by atoms with Gasteiger partial charge in [-0.15, -0.1) is 0 Å². The minimum absolute atomic E-state index is 0.0733. The Morgan fingerprint density at radius 2 is 2.17 bits per heavy atom. The third kappa shape index (κ3) is 4.26. The van der Waals surface area contributed by atoms with Crippen molar-refractivity contribution in [1.82, 2.24) is 5.32 Å². The number of nitrogens with one attached hydrogen (secondary N) is 1. The van der Waals surface area contributed by atoms with E-state index in [4.69, 9.17) is 9.47 Å². The fraction of sp³-hybridized carbons (Fsp3) is 0.417. The average molecular weight is 381 g/mol. The standard InChI is InChI=1S/C12H15Br2NO3/c1-17-7-9(6-13)15-12(16)10-4-3-8(14)5-11(10)18-2/h3-5,9H,6-7H2,1-2H3,(H,15,16). The van der Waals surface area contributed by atoms with E-state index >= 15 is 0 Å². The van der Waals surface area contributed by atoms with Crippen molar-refractivity contribution >= 4 is 37.8 Å². The predicted octanol–water partition coefficient (Wildman–Crippen LogP) is 2.60. The molecule has 1 atom stereocenters. The molecule has 100 valence electrons. The lowest BCUT2D eigenvalue weighted by molar-refractivity contribution is 0.0905. The summed E-state index contributed by atoms with van der Waals surface area (Å²) >= 11 is 6.67. The van der Waals surface area contributed by atoms with E-state index in [1.807, 2.05) is 0 Å². The molecule has 0 aliphatic rings. The van der Waals surface area contributed by atoms with E-state index in [1.165, 1.54) is 7.11 Å². The molecule has 1 aromatic rings. The third-order valence-electron chi connectivity index (χ3n) is 2.30. The lowest BCUT2D eigenvalue weighted by Crippen LogP contribution is -2.39. The van der Waals surface area contributed by atoms with Crippen LogP contribution in [0.15, 0.2) is 22.7 Å². The first-order chi connectivity index (χ1) is 8.62. The topological polar surface area (TPSA) is 47.6 Å². The molecule has 0 radical (unpaired) electrons. The van der Waals surface area contributed by atoms with Gasteiger partial charge in [0.05, 0.1) is 25.3 Å². The lowest BCUT2D eigenvalue weighted by atomic mass is 10.2. The molecular formula is C12H15Br2NO3. The molecule has 1 N–H and O–H groups in total. The minimum atomic E-state index is -0.180. The maximum atomic E-state index is 12.1. The Labute approximate surface area is 123 Å². The van der Waals surface area contributed by atoms with Crippen LogP contribution in [0.4, 0.5) is 0 Å². The number of carbonyl (C=O) groups excluding carboxylic acids is 1. The zero-order valence-electron chi connectivity index (χ0n) is 10.2. The molecule has 0 saturated carbocycles. The molecule has 0 heterocycles. The van der Waals surface area contributed by atoms with Crippen molar-refractivity contribution in [3.63, 3.8) is 0 Å². The predicted molar refractivity (Wildman–Crippen MR) is 77.6 cm³/mol. The second-order valence-corrected chi connectivity index (χ2v) is 5.19. The van der Waals surface area contributed by atoms with Crippen LogP contribution in [0.1, 0.15) is 10.4 Å². The van der Waals surface area contributed by atoms with E-state index in [0.29, 0.717) is 23.2 Å². The van der Waals surface area contributed by atoms with Crippen molar-refractivity contribution in [3.8, 4) is 5.75 Å². The summed E-state index contributed by atoms with van der Waals surface area (Å²) in [6, 6.07) is 5.21. The highest BCUT2D eigenvalue weighted by molar-refractivity contribution is 9.10. The third-order valence-corrected chi connectivity index (χ3v) is 3.57. The van der Waals surface area contributed by atoms with Crippen LogP contribution in [-0.4, -0.2) is 38.1 Å².